The van der Waals surface area contributed by atoms with Crippen molar-refractivity contribution >= 4 is 16.9 Å². The molecule has 2 nitrogen and oxygen atoms in total. The molecule has 0 saturated carbocycles. The molecule has 22 heavy (non-hydrogen) atoms. The Balaban J connectivity index is 1.87. The Kier molecular flexibility index (Phi) is 10.5. The van der Waals surface area contributed by atoms with E-state index in [-0.39, 0.29) is 11.2 Å². The first-order valence-electron chi connectivity index (χ1n) is 9.43. The first-order chi connectivity index (χ1) is 10.7. The predicted octanol–water partition coefficient (Wildman–Crippen LogP) is 6.12. The van der Waals surface area contributed by atoms with Crippen LogP contribution >= 0.6 is 11.8 Å². The van der Waals surface area contributed by atoms with Gasteiger partial charge in [-0.2, -0.15) is 0 Å². The van der Waals surface area contributed by atoms with Crippen LogP contribution < -0.4 is 0 Å². The Morgan fingerprint density at radius 3 is 1.68 bits per heavy atom. The monoisotopic (exact) mass is 328 g/mol. The van der Waals surface area contributed by atoms with Gasteiger partial charge in [-0.25, -0.2) is 0 Å². The Bertz CT molecular complexity index is 306. The van der Waals surface area contributed by atoms with E-state index in [1.807, 2.05) is 13.2 Å². The number of unbranched alkanes of at least 4 members (excludes halogenated alkanes) is 11. The molecular formula is C19H36O2S. The molecule has 0 N–H and O–H groups in total. The minimum Gasteiger partial charge on any atom is -0.357 e. The van der Waals surface area contributed by atoms with Crippen molar-refractivity contribution < 1.29 is 9.53 Å². The number of carbonyl (C=O) groups excluding carboxylic acids is 1. The molecule has 2 unspecified atom stereocenters. The molecule has 1 heterocycles. The van der Waals surface area contributed by atoms with E-state index < -0.39 is 5.60 Å². The molecule has 3 heteroatoms. The maximum atomic E-state index is 11.9. The molecule has 1 aliphatic heterocycles. The summed E-state index contributed by atoms with van der Waals surface area (Å²) in [4.78, 5) is 11.9. The van der Waals surface area contributed by atoms with Crippen LogP contribution in [0.15, 0.2) is 0 Å². The van der Waals surface area contributed by atoms with Gasteiger partial charge in [-0.15, -0.1) is 0 Å². The maximum Gasteiger partial charge on any atom is 0.223 e. The van der Waals surface area contributed by atoms with Crippen LogP contribution in [0.5, 0.6) is 0 Å². The summed E-state index contributed by atoms with van der Waals surface area (Å²) in [6.07, 6.45) is 19.2. The fraction of sp³-hybridized carbons (Fsp3) is 0.947. The summed E-state index contributed by atoms with van der Waals surface area (Å²) in [5.41, 5.74) is -0.419. The lowest BCUT2D eigenvalue weighted by Crippen LogP contribution is -2.23. The number of rotatable bonds is 14. The third-order valence-electron chi connectivity index (χ3n) is 4.92. The third kappa shape index (κ3) is 7.04. The highest BCUT2D eigenvalue weighted by Gasteiger charge is 2.58. The molecule has 0 aromatic heterocycles. The van der Waals surface area contributed by atoms with Gasteiger partial charge in [0, 0.05) is 0 Å². The van der Waals surface area contributed by atoms with Gasteiger partial charge in [0.05, 0.1) is 6.10 Å². The van der Waals surface area contributed by atoms with Gasteiger partial charge in [-0.1, -0.05) is 89.3 Å². The van der Waals surface area contributed by atoms with Gasteiger partial charge >= 0.3 is 0 Å². The number of carbonyl (C=O) groups is 1. The Hall–Kier alpha value is -0.0200. The summed E-state index contributed by atoms with van der Waals surface area (Å²) in [6.45, 7) is 4.30. The summed E-state index contributed by atoms with van der Waals surface area (Å²) in [5.74, 6) is 0. The second kappa shape index (κ2) is 11.5. The molecule has 0 bridgehead atoms. The van der Waals surface area contributed by atoms with E-state index in [1.165, 1.54) is 82.4 Å². The van der Waals surface area contributed by atoms with Crippen LogP contribution in [0.1, 0.15) is 97.3 Å². The van der Waals surface area contributed by atoms with Crippen molar-refractivity contribution in [2.24, 2.45) is 0 Å². The first kappa shape index (κ1) is 20.0. The van der Waals surface area contributed by atoms with E-state index in [2.05, 4.69) is 6.92 Å². The van der Waals surface area contributed by atoms with Gasteiger partial charge in [-0.3, -0.25) is 4.79 Å². The molecule has 1 saturated heterocycles. The van der Waals surface area contributed by atoms with Gasteiger partial charge < -0.3 is 4.74 Å². The minimum atomic E-state index is -0.419. The standard InChI is InChI=1S/C19H36O2S/c1-4-5-6-7-8-9-10-11-12-13-14-15-16-19(17(2)21-19)18(20)22-3/h17H,4-16H2,1-3H3. The molecule has 1 aliphatic rings. The molecule has 0 aliphatic carbocycles. The van der Waals surface area contributed by atoms with E-state index in [9.17, 15) is 4.79 Å². The zero-order valence-electron chi connectivity index (χ0n) is 15.0. The average Bonchev–Trinajstić information content (AvgIpc) is 3.19. The smallest absolute Gasteiger partial charge is 0.223 e. The molecule has 0 aromatic carbocycles. The summed E-state index contributed by atoms with van der Waals surface area (Å²) < 4.78 is 5.59. The minimum absolute atomic E-state index is 0.139. The molecule has 1 rings (SSSR count). The molecule has 130 valence electrons. The third-order valence-corrected chi connectivity index (χ3v) is 5.64. The Labute approximate surface area is 142 Å². The van der Waals surface area contributed by atoms with Crippen molar-refractivity contribution in [2.45, 2.75) is 109 Å². The number of thioether (sulfide) groups is 1. The zero-order valence-corrected chi connectivity index (χ0v) is 15.8. The van der Waals surface area contributed by atoms with Crippen LogP contribution in [0.3, 0.4) is 0 Å². The first-order valence-corrected chi connectivity index (χ1v) is 10.7. The van der Waals surface area contributed by atoms with Crippen LogP contribution in [0.25, 0.3) is 0 Å². The molecule has 0 radical (unpaired) electrons. The fourth-order valence-electron chi connectivity index (χ4n) is 3.26. The van der Waals surface area contributed by atoms with E-state index >= 15 is 0 Å². The Morgan fingerprint density at radius 2 is 1.32 bits per heavy atom. The lowest BCUT2D eigenvalue weighted by Gasteiger charge is -2.09. The SMILES string of the molecule is CCCCCCCCCCCCCCC1(C(=O)SC)OC1C. The number of epoxide rings is 1. The average molecular weight is 329 g/mol. The van der Waals surface area contributed by atoms with Crippen molar-refractivity contribution in [1.29, 1.82) is 0 Å². The van der Waals surface area contributed by atoms with Gasteiger partial charge in [-0.05, 0) is 26.0 Å². The van der Waals surface area contributed by atoms with Gasteiger partial charge in [0.25, 0.3) is 0 Å². The molecular weight excluding hydrogens is 292 g/mol. The Morgan fingerprint density at radius 1 is 0.909 bits per heavy atom. The second-order valence-corrected chi connectivity index (χ2v) is 7.56. The molecule has 0 spiro atoms. The van der Waals surface area contributed by atoms with Crippen LogP contribution in [-0.2, 0) is 9.53 Å². The van der Waals surface area contributed by atoms with Gasteiger partial charge in [0.2, 0.25) is 5.12 Å². The highest BCUT2D eigenvalue weighted by Crippen LogP contribution is 2.44. The zero-order chi connectivity index (χ0) is 16.3. The largest absolute Gasteiger partial charge is 0.357 e. The lowest BCUT2D eigenvalue weighted by atomic mass is 9.98. The topological polar surface area (TPSA) is 29.6 Å². The highest BCUT2D eigenvalue weighted by molar-refractivity contribution is 8.13. The van der Waals surface area contributed by atoms with Crippen LogP contribution in [0.4, 0.5) is 0 Å². The summed E-state index contributed by atoms with van der Waals surface area (Å²) in [5, 5.41) is 0.225. The summed E-state index contributed by atoms with van der Waals surface area (Å²) in [6, 6.07) is 0. The molecule has 1 fully saturated rings. The second-order valence-electron chi connectivity index (χ2n) is 6.78. The van der Waals surface area contributed by atoms with Crippen molar-refractivity contribution in [2.75, 3.05) is 6.26 Å². The fourth-order valence-corrected chi connectivity index (χ4v) is 3.92. The maximum absolute atomic E-state index is 11.9. The van der Waals surface area contributed by atoms with Crippen molar-refractivity contribution in [3.8, 4) is 0 Å². The molecule has 0 amide bonds. The van der Waals surface area contributed by atoms with E-state index in [1.54, 1.807) is 0 Å². The van der Waals surface area contributed by atoms with Crippen LogP contribution in [0, 0.1) is 0 Å². The summed E-state index contributed by atoms with van der Waals surface area (Å²) >= 11 is 1.32. The van der Waals surface area contributed by atoms with Gasteiger partial charge in [0.1, 0.15) is 0 Å². The molecule has 2 atom stereocenters. The predicted molar refractivity (Wildman–Crippen MR) is 97.5 cm³/mol. The number of hydrogen-bond acceptors (Lipinski definition) is 3. The number of ether oxygens (including phenoxy) is 1. The van der Waals surface area contributed by atoms with Crippen molar-refractivity contribution in [1.82, 2.24) is 0 Å². The van der Waals surface area contributed by atoms with Crippen molar-refractivity contribution in [3.05, 3.63) is 0 Å². The number of hydrogen-bond donors (Lipinski definition) is 0. The molecule has 0 aromatic rings. The van der Waals surface area contributed by atoms with E-state index in [0.29, 0.717) is 0 Å². The van der Waals surface area contributed by atoms with E-state index in [0.717, 1.165) is 12.8 Å². The lowest BCUT2D eigenvalue weighted by molar-refractivity contribution is -0.115. The van der Waals surface area contributed by atoms with Crippen LogP contribution in [0.2, 0.25) is 0 Å². The van der Waals surface area contributed by atoms with Gasteiger partial charge in [0.15, 0.2) is 5.60 Å². The summed E-state index contributed by atoms with van der Waals surface area (Å²) in [7, 11) is 0. The van der Waals surface area contributed by atoms with Crippen LogP contribution in [-0.4, -0.2) is 23.1 Å². The van der Waals surface area contributed by atoms with Crippen molar-refractivity contribution in [3.63, 3.8) is 0 Å². The normalized spacial score (nSPS) is 23.7. The quantitative estimate of drug-likeness (QED) is 0.284. The van der Waals surface area contributed by atoms with E-state index in [4.69, 9.17) is 4.74 Å². The highest BCUT2D eigenvalue weighted by atomic mass is 32.2.